The molecule has 1 aromatic carbocycles. The number of carbonyl (C=O) groups is 1. The molecule has 0 bridgehead atoms. The van der Waals surface area contributed by atoms with Crippen LogP contribution in [0.5, 0.6) is 0 Å². The summed E-state index contributed by atoms with van der Waals surface area (Å²) in [6.07, 6.45) is -1.86. The van der Waals surface area contributed by atoms with Crippen molar-refractivity contribution in [3.05, 3.63) is 23.8 Å². The van der Waals surface area contributed by atoms with Gasteiger partial charge >= 0.3 is 6.18 Å². The van der Waals surface area contributed by atoms with Gasteiger partial charge in [-0.1, -0.05) is 20.3 Å². The van der Waals surface area contributed by atoms with Crippen LogP contribution in [0.4, 0.5) is 24.5 Å². The maximum absolute atomic E-state index is 12.8. The molecule has 3 nitrogen and oxygen atoms in total. The molecule has 0 heterocycles. The van der Waals surface area contributed by atoms with Crippen LogP contribution in [0.2, 0.25) is 0 Å². The Morgan fingerprint density at radius 3 is 2.57 bits per heavy atom. The van der Waals surface area contributed by atoms with Crippen LogP contribution in [0.3, 0.4) is 0 Å². The fraction of sp³-hybridized carbons (Fsp3) is 0.533. The third-order valence-corrected chi connectivity index (χ3v) is 4.20. The molecule has 2 rings (SSSR count). The Morgan fingerprint density at radius 1 is 1.38 bits per heavy atom. The monoisotopic (exact) mass is 300 g/mol. The molecule has 1 aromatic rings. The number of rotatable bonds is 2. The molecule has 1 fully saturated rings. The van der Waals surface area contributed by atoms with E-state index in [-0.39, 0.29) is 28.6 Å². The summed E-state index contributed by atoms with van der Waals surface area (Å²) in [5.41, 5.74) is 4.08. The number of alkyl halides is 3. The van der Waals surface area contributed by atoms with Crippen LogP contribution in [0.25, 0.3) is 0 Å². The maximum Gasteiger partial charge on any atom is 0.418 e. The Bertz CT molecular complexity index is 552. The minimum absolute atomic E-state index is 0.120. The second-order valence-electron chi connectivity index (χ2n) is 6.22. The van der Waals surface area contributed by atoms with Gasteiger partial charge in [0.25, 0.3) is 0 Å². The zero-order chi connectivity index (χ0) is 15.8. The number of nitrogens with one attached hydrogen (secondary N) is 1. The van der Waals surface area contributed by atoms with Crippen LogP contribution < -0.4 is 11.1 Å². The van der Waals surface area contributed by atoms with E-state index in [9.17, 15) is 18.0 Å². The van der Waals surface area contributed by atoms with Crippen molar-refractivity contribution in [2.75, 3.05) is 11.1 Å². The number of carbonyl (C=O) groups excluding carboxylic acids is 1. The lowest BCUT2D eigenvalue weighted by Gasteiger charge is -2.26. The van der Waals surface area contributed by atoms with Crippen LogP contribution in [0.15, 0.2) is 18.2 Å². The number of nitrogen functional groups attached to an aromatic ring is 1. The topological polar surface area (TPSA) is 55.1 Å². The lowest BCUT2D eigenvalue weighted by Crippen LogP contribution is -2.30. The molecule has 1 saturated carbocycles. The third-order valence-electron chi connectivity index (χ3n) is 4.20. The van der Waals surface area contributed by atoms with Gasteiger partial charge in [0.05, 0.1) is 5.56 Å². The lowest BCUT2D eigenvalue weighted by atomic mass is 9.81. The average molecular weight is 300 g/mol. The van der Waals surface area contributed by atoms with E-state index in [0.717, 1.165) is 31.4 Å². The highest BCUT2D eigenvalue weighted by Crippen LogP contribution is 2.43. The second kappa shape index (κ2) is 5.24. The number of hydrogen-bond acceptors (Lipinski definition) is 2. The van der Waals surface area contributed by atoms with Crippen molar-refractivity contribution in [2.24, 2.45) is 11.3 Å². The SMILES string of the molecule is CC1(C)CCCC1C(=O)Nc1ccc(N)c(C(F)(F)F)c1. The maximum atomic E-state index is 12.8. The molecule has 1 aliphatic rings. The Labute approximate surface area is 121 Å². The summed E-state index contributed by atoms with van der Waals surface area (Å²) in [4.78, 5) is 12.3. The quantitative estimate of drug-likeness (QED) is 0.809. The zero-order valence-corrected chi connectivity index (χ0v) is 12.1. The lowest BCUT2D eigenvalue weighted by molar-refractivity contribution is -0.137. The fourth-order valence-corrected chi connectivity index (χ4v) is 2.92. The largest absolute Gasteiger partial charge is 0.418 e. The zero-order valence-electron chi connectivity index (χ0n) is 12.1. The summed E-state index contributed by atoms with van der Waals surface area (Å²) < 4.78 is 38.4. The van der Waals surface area contributed by atoms with E-state index >= 15 is 0 Å². The molecule has 116 valence electrons. The van der Waals surface area contributed by atoms with Gasteiger partial charge < -0.3 is 11.1 Å². The minimum atomic E-state index is -4.53. The summed E-state index contributed by atoms with van der Waals surface area (Å²) in [6.45, 7) is 4.02. The van der Waals surface area contributed by atoms with E-state index in [1.54, 1.807) is 0 Å². The Morgan fingerprint density at radius 2 is 2.05 bits per heavy atom. The number of nitrogens with two attached hydrogens (primary N) is 1. The van der Waals surface area contributed by atoms with E-state index in [1.807, 2.05) is 13.8 Å². The van der Waals surface area contributed by atoms with Crippen molar-refractivity contribution >= 4 is 17.3 Å². The first-order chi connectivity index (χ1) is 9.61. The van der Waals surface area contributed by atoms with E-state index in [2.05, 4.69) is 5.32 Å². The number of benzene rings is 1. The molecule has 1 amide bonds. The molecule has 0 aromatic heterocycles. The van der Waals surface area contributed by atoms with E-state index in [4.69, 9.17) is 5.73 Å². The molecule has 0 saturated heterocycles. The van der Waals surface area contributed by atoms with Crippen molar-refractivity contribution in [3.63, 3.8) is 0 Å². The Kier molecular flexibility index (Phi) is 3.91. The number of anilines is 2. The fourth-order valence-electron chi connectivity index (χ4n) is 2.92. The molecule has 3 N–H and O–H groups in total. The first kappa shape index (κ1) is 15.7. The van der Waals surface area contributed by atoms with Gasteiger partial charge in [-0.25, -0.2) is 0 Å². The smallest absolute Gasteiger partial charge is 0.398 e. The van der Waals surface area contributed by atoms with Crippen molar-refractivity contribution < 1.29 is 18.0 Å². The van der Waals surface area contributed by atoms with Gasteiger partial charge in [-0.2, -0.15) is 13.2 Å². The number of amides is 1. The highest BCUT2D eigenvalue weighted by atomic mass is 19.4. The van der Waals surface area contributed by atoms with Gasteiger partial charge in [0.1, 0.15) is 0 Å². The molecule has 0 radical (unpaired) electrons. The Balaban J connectivity index is 2.19. The van der Waals surface area contributed by atoms with Gasteiger partial charge in [-0.15, -0.1) is 0 Å². The van der Waals surface area contributed by atoms with E-state index in [0.29, 0.717) is 0 Å². The molecule has 0 spiro atoms. The normalized spacial score (nSPS) is 21.3. The van der Waals surface area contributed by atoms with Gasteiger partial charge in [-0.3, -0.25) is 4.79 Å². The molecule has 0 aliphatic heterocycles. The van der Waals surface area contributed by atoms with Gasteiger partial charge in [0.2, 0.25) is 5.91 Å². The summed E-state index contributed by atoms with van der Waals surface area (Å²) in [5, 5.41) is 2.58. The van der Waals surface area contributed by atoms with E-state index in [1.165, 1.54) is 6.07 Å². The molecule has 1 aliphatic carbocycles. The molecular formula is C15H19F3N2O. The molecule has 21 heavy (non-hydrogen) atoms. The first-order valence-electron chi connectivity index (χ1n) is 6.89. The van der Waals surface area contributed by atoms with Crippen LogP contribution in [0, 0.1) is 11.3 Å². The van der Waals surface area contributed by atoms with Crippen molar-refractivity contribution in [1.82, 2.24) is 0 Å². The van der Waals surface area contributed by atoms with Crippen molar-refractivity contribution in [1.29, 1.82) is 0 Å². The van der Waals surface area contributed by atoms with Crippen LogP contribution in [-0.4, -0.2) is 5.91 Å². The predicted molar refractivity (Wildman–Crippen MR) is 75.6 cm³/mol. The van der Waals surface area contributed by atoms with Crippen molar-refractivity contribution in [2.45, 2.75) is 39.3 Å². The first-order valence-corrected chi connectivity index (χ1v) is 6.89. The standard InChI is InChI=1S/C15H19F3N2O/c1-14(2)7-3-4-10(14)13(21)20-9-5-6-12(19)11(8-9)15(16,17)18/h5-6,8,10H,3-4,7,19H2,1-2H3,(H,20,21). The van der Waals surface area contributed by atoms with Crippen LogP contribution in [-0.2, 0) is 11.0 Å². The summed E-state index contributed by atoms with van der Waals surface area (Å²) in [7, 11) is 0. The second-order valence-corrected chi connectivity index (χ2v) is 6.22. The summed E-state index contributed by atoms with van der Waals surface area (Å²) >= 11 is 0. The van der Waals surface area contributed by atoms with E-state index < -0.39 is 11.7 Å². The summed E-state index contributed by atoms with van der Waals surface area (Å²) in [6, 6.07) is 3.44. The van der Waals surface area contributed by atoms with Gasteiger partial charge in [-0.05, 0) is 36.5 Å². The molecule has 1 atom stereocenters. The van der Waals surface area contributed by atoms with Gasteiger partial charge in [0, 0.05) is 17.3 Å². The molecular weight excluding hydrogens is 281 g/mol. The minimum Gasteiger partial charge on any atom is -0.398 e. The van der Waals surface area contributed by atoms with Crippen LogP contribution >= 0.6 is 0 Å². The Hall–Kier alpha value is -1.72. The third kappa shape index (κ3) is 3.31. The van der Waals surface area contributed by atoms with Gasteiger partial charge in [0.15, 0.2) is 0 Å². The van der Waals surface area contributed by atoms with Crippen LogP contribution in [0.1, 0.15) is 38.7 Å². The average Bonchev–Trinajstić information content (AvgIpc) is 2.70. The highest BCUT2D eigenvalue weighted by molar-refractivity contribution is 5.93. The number of halogens is 3. The highest BCUT2D eigenvalue weighted by Gasteiger charge is 2.39. The predicted octanol–water partition coefficient (Wildman–Crippen LogP) is 4.05. The van der Waals surface area contributed by atoms with Crippen molar-refractivity contribution in [3.8, 4) is 0 Å². The summed E-state index contributed by atoms with van der Waals surface area (Å²) in [5.74, 6) is -0.403. The number of hydrogen-bond donors (Lipinski definition) is 2. The molecule has 6 heteroatoms. The molecule has 1 unspecified atom stereocenters.